The minimum atomic E-state index is -2.47. The highest BCUT2D eigenvalue weighted by Gasteiger charge is 2.41. The van der Waals surface area contributed by atoms with Crippen LogP contribution in [0.15, 0.2) is 85.1 Å². The molecule has 0 unspecified atom stereocenters. The summed E-state index contributed by atoms with van der Waals surface area (Å²) >= 11 is 0. The lowest BCUT2D eigenvalue weighted by atomic mass is 9.96. The van der Waals surface area contributed by atoms with Gasteiger partial charge in [0.1, 0.15) is 78.3 Å². The van der Waals surface area contributed by atoms with E-state index in [1.54, 1.807) is 54.7 Å². The number of nitrogen functional groups attached to an aromatic ring is 1. The van der Waals surface area contributed by atoms with Gasteiger partial charge in [-0.2, -0.15) is 0 Å². The van der Waals surface area contributed by atoms with Gasteiger partial charge in [0.2, 0.25) is 82.7 Å². The van der Waals surface area contributed by atoms with E-state index in [9.17, 15) is 121 Å². The Morgan fingerprint density at radius 1 is 0.583 bits per heavy atom. The van der Waals surface area contributed by atoms with Gasteiger partial charge in [0.15, 0.2) is 5.78 Å². The Balaban J connectivity index is 1.60. The van der Waals surface area contributed by atoms with Crippen molar-refractivity contribution in [3.05, 3.63) is 102 Å². The van der Waals surface area contributed by atoms with Gasteiger partial charge in [0.05, 0.1) is 58.4 Å². The highest BCUT2D eigenvalue weighted by Crippen LogP contribution is 2.22. The van der Waals surface area contributed by atoms with Crippen LogP contribution in [-0.4, -0.2) is 254 Å². The van der Waals surface area contributed by atoms with Gasteiger partial charge in [-0.3, -0.25) is 91.1 Å². The number of primary amides is 1. The fourth-order valence-corrected chi connectivity index (χ4v) is 11.8. The van der Waals surface area contributed by atoms with E-state index in [0.29, 0.717) is 34.4 Å². The number of anilines is 1. The number of H-pyrrole nitrogens is 1. The predicted molar refractivity (Wildman–Crippen MR) is 418 cm³/mol. The summed E-state index contributed by atoms with van der Waals surface area (Å²) in [5.41, 5.74) is 18.5. The average Bonchev–Trinajstić information content (AvgIpc) is 1.48. The number of hydrogen-bond acceptors (Lipinski definition) is 25. The third-order valence-corrected chi connectivity index (χ3v) is 18.2. The molecule has 0 saturated carbocycles. The predicted octanol–water partition coefficient (Wildman–Crippen LogP) is -5.48. The molecular weight excluding hydrogens is 1580 g/mol. The highest BCUT2D eigenvalue weighted by atomic mass is 16.5. The Morgan fingerprint density at radius 3 is 1.76 bits per heavy atom. The summed E-state index contributed by atoms with van der Waals surface area (Å²) in [5.74, 6) is -29.7. The van der Waals surface area contributed by atoms with Crippen LogP contribution in [0.5, 0.6) is 5.75 Å². The quantitative estimate of drug-likeness (QED) is 0.00682. The molecule has 3 aromatic carbocycles. The van der Waals surface area contributed by atoms with Crippen molar-refractivity contribution in [2.24, 2.45) is 17.4 Å². The largest absolute Gasteiger partial charge is 0.494 e. The molecule has 1 aliphatic rings. The Labute approximate surface area is 684 Å². The molecule has 5 rings (SSSR count). The van der Waals surface area contributed by atoms with Crippen LogP contribution in [0.4, 0.5) is 5.69 Å². The Morgan fingerprint density at radius 2 is 1.15 bits per heavy atom. The first-order chi connectivity index (χ1) is 56.8. The lowest BCUT2D eigenvalue weighted by molar-refractivity contribution is -0.156. The maximum absolute atomic E-state index is 14.9. The summed E-state index contributed by atoms with van der Waals surface area (Å²) < 4.78 is 11.5. The molecule has 25 N–H and O–H groups in total. The molecule has 0 bridgehead atoms. The molecule has 1 saturated heterocycles. The minimum Gasteiger partial charge on any atom is -0.494 e. The second kappa shape index (κ2) is 47.9. The number of para-hydroxylation sites is 2. The molecule has 1 aliphatic heterocycles. The van der Waals surface area contributed by atoms with E-state index in [1.165, 1.54) is 30.3 Å². The zero-order chi connectivity index (χ0) is 89.0. The third kappa shape index (κ3) is 31.9. The number of Topliss-reactive ketones (excluding diaryl/α,β-unsaturated/α-hetero) is 1. The van der Waals surface area contributed by atoms with Gasteiger partial charge in [-0.25, -0.2) is 4.79 Å². The number of esters is 1. The number of amides is 14. The molecule has 2 heterocycles. The van der Waals surface area contributed by atoms with Crippen LogP contribution in [0, 0.1) is 5.92 Å². The van der Waals surface area contributed by atoms with E-state index in [2.05, 4.69) is 58.2 Å². The van der Waals surface area contributed by atoms with Gasteiger partial charge in [0.25, 0.3) is 0 Å². The van der Waals surface area contributed by atoms with Crippen LogP contribution < -0.4 is 91.1 Å². The Kier molecular flexibility index (Phi) is 38.6. The zero-order valence-corrected chi connectivity index (χ0v) is 65.6. The average molecular weight is 1680 g/mol. The lowest BCUT2D eigenvalue weighted by Crippen LogP contribution is -2.62. The number of aliphatic hydroxyl groups excluding tert-OH is 1. The minimum absolute atomic E-state index is 0.102. The number of fused-ring (bicyclic) bond motifs is 1. The number of unbranched alkanes of at least 4 members (excludes halogenated alkanes) is 2. The highest BCUT2D eigenvalue weighted by molar-refractivity contribution is 6.05. The van der Waals surface area contributed by atoms with Crippen molar-refractivity contribution in [1.82, 2.24) is 74.1 Å². The molecule has 44 nitrogen and oxygen atoms in total. The maximum Gasteiger partial charge on any atom is 0.329 e. The first kappa shape index (κ1) is 96.6. The molecule has 1 aromatic heterocycles. The van der Waals surface area contributed by atoms with Gasteiger partial charge in [-0.15, -0.1) is 0 Å². The second-order valence-electron chi connectivity index (χ2n) is 27.8. The number of carboxylic acids is 4. The van der Waals surface area contributed by atoms with Gasteiger partial charge < -0.3 is 126 Å². The first-order valence-corrected chi connectivity index (χ1v) is 37.7. The van der Waals surface area contributed by atoms with Crippen molar-refractivity contribution >= 4 is 141 Å². The molecule has 650 valence electrons. The monoisotopic (exact) mass is 1680 g/mol. The topological polar surface area (TPSA) is 711 Å². The molecule has 120 heavy (non-hydrogen) atoms. The number of carboxylic acid groups (broad SMARTS) is 4. The first-order valence-electron chi connectivity index (χ1n) is 37.7. The summed E-state index contributed by atoms with van der Waals surface area (Å²) in [6, 6.07) is -4.24. The molecule has 0 radical (unpaired) electrons. The molecule has 1 fully saturated rings. The number of ketones is 1. The van der Waals surface area contributed by atoms with Gasteiger partial charge >= 0.3 is 29.8 Å². The van der Waals surface area contributed by atoms with E-state index in [4.69, 9.17) is 26.7 Å². The van der Waals surface area contributed by atoms with Crippen molar-refractivity contribution in [1.29, 1.82) is 0 Å². The van der Waals surface area contributed by atoms with Crippen LogP contribution in [-0.2, 0) is 102 Å². The number of hydrogen-bond donors (Lipinski definition) is 22. The van der Waals surface area contributed by atoms with E-state index < -0.39 is 261 Å². The van der Waals surface area contributed by atoms with Crippen LogP contribution in [0.2, 0.25) is 0 Å². The molecule has 13 atom stereocenters. The molecule has 14 amide bonds. The second-order valence-corrected chi connectivity index (χ2v) is 27.8. The third-order valence-electron chi connectivity index (χ3n) is 18.2. The summed E-state index contributed by atoms with van der Waals surface area (Å²) in [4.78, 5) is 277. The van der Waals surface area contributed by atoms with Crippen molar-refractivity contribution in [2.75, 3.05) is 38.6 Å². The van der Waals surface area contributed by atoms with Crippen LogP contribution in [0.1, 0.15) is 120 Å². The van der Waals surface area contributed by atoms with Crippen molar-refractivity contribution in [3.63, 3.8) is 0 Å². The van der Waals surface area contributed by atoms with Crippen LogP contribution in [0.3, 0.4) is 0 Å². The number of aromatic amines is 1. The van der Waals surface area contributed by atoms with Gasteiger partial charge in [-0.05, 0) is 93.1 Å². The number of aliphatic carboxylic acids is 4. The number of aliphatic hydroxyl groups is 1. The van der Waals surface area contributed by atoms with Gasteiger partial charge in [0, 0.05) is 47.3 Å². The van der Waals surface area contributed by atoms with Crippen molar-refractivity contribution in [3.8, 4) is 5.75 Å². The number of cyclic esters (lactones) is 1. The fraction of sp³-hybridized carbons (Fsp3) is 0.447. The number of benzene rings is 3. The number of aromatic nitrogens is 1. The fourth-order valence-electron chi connectivity index (χ4n) is 11.8. The standard InChI is InChI=1S/C76H99N17O27/c1-5-6-11-25-119-42-21-18-40(19-22-42)20-23-57(97)85-48(27-41-33-80-46-16-10-8-13-43(41)46)70(112)88-49(29-56(79)96)71(113)90-52(32-63(106)107)72(114)93-65-39(4)120-76(118)53(28-55(95)44-14-7-9-15-45(44)78)91-75(117)64(37(2)26-60(100)101)92-73(115)54(36-94)86-59(99)34-81-67(109)50(30-61(102)103)87-66(108)38(3)83-69(111)51(31-62(104)105)89-68(110)47(17-12-24-77)84-58(98)35-82-74(65)116/h7-10,13-16,18-23,33,37-39,47-54,64-65,80,94H,5-6,11-12,17,24-32,34-36,77-78H2,1-4H3,(H2,79,96)(H,81,109)(H,82,116)(H,83,111)(H,84,98)(H,85,97)(H,86,99)(H,87,108)(H,88,112)(H,89,110)(H,90,113)(H,91,117)(H,92,115)(H,93,114)(H,100,101)(H,102,103)(H,104,105)(H,106,107)/b23-20+/t37-,38+,39+,47-,48-,49-,50-,51+,52-,53-,54+,64-,65-/m0/s1. The Bertz CT molecular complexity index is 4460. The van der Waals surface area contributed by atoms with Crippen LogP contribution >= 0.6 is 0 Å². The smallest absolute Gasteiger partial charge is 0.329 e. The number of nitrogens with two attached hydrogens (primary N) is 3. The summed E-state index contributed by atoms with van der Waals surface area (Å²) in [6.07, 6.45) is -3.23. The van der Waals surface area contributed by atoms with E-state index in [1.807, 2.05) is 22.9 Å². The summed E-state index contributed by atoms with van der Waals surface area (Å²) in [5, 5.41) is 78.5. The Hall–Kier alpha value is -13.9. The van der Waals surface area contributed by atoms with Crippen molar-refractivity contribution < 1.29 is 131 Å². The van der Waals surface area contributed by atoms with E-state index in [-0.39, 0.29) is 30.6 Å². The number of carbonyl (C=O) groups excluding carboxylic acids is 16. The maximum atomic E-state index is 14.9. The number of nitrogens with one attached hydrogen (secondary N) is 14. The zero-order valence-electron chi connectivity index (χ0n) is 65.6. The normalized spacial score (nSPS) is 20.8. The molecular formula is C76H99N17O27. The van der Waals surface area contributed by atoms with Crippen molar-refractivity contribution in [2.45, 2.75) is 177 Å². The van der Waals surface area contributed by atoms with E-state index >= 15 is 0 Å². The summed E-state index contributed by atoms with van der Waals surface area (Å²) in [7, 11) is 0. The molecule has 0 aliphatic carbocycles. The number of rotatable bonds is 34. The molecule has 0 spiro atoms. The SMILES string of the molecule is CCCCCOc1ccc(/C=C/C(=O)N[C@@H](Cc2c[nH]c3ccccc23)C(=O)N[C@@H](CC(N)=O)C(=O)N[C@@H](CC(=O)O)C(=O)N[C@@H]2C(=O)NCC(=O)N[C@@H](CCCN)C(=O)N[C@H](CC(=O)O)C(=O)N[C@H](C)C(=O)N[C@@H](CC(=O)O)C(=O)NCC(=O)N[C@H](CO)C(=O)N[C@@H]([C@@H](C)CC(=O)O)C(=O)N[C@@H](CC(=O)c3ccccc3N)C(=O)O[C@@H]2C)cc1. The summed E-state index contributed by atoms with van der Waals surface area (Å²) in [6.45, 7) is 1.52. The van der Waals surface area contributed by atoms with Gasteiger partial charge in [-0.1, -0.05) is 69.2 Å². The molecule has 4 aromatic rings. The molecule has 44 heteroatoms. The number of ether oxygens (including phenoxy) is 2. The van der Waals surface area contributed by atoms with E-state index in [0.717, 1.165) is 46.1 Å². The number of carbonyl (C=O) groups is 20. The lowest BCUT2D eigenvalue weighted by Gasteiger charge is -2.30. The van der Waals surface area contributed by atoms with Crippen LogP contribution in [0.25, 0.3) is 17.0 Å².